The number of fused-ring (bicyclic) bond motifs is 1. The summed E-state index contributed by atoms with van der Waals surface area (Å²) in [5, 5.41) is 5.07. The van der Waals surface area contributed by atoms with Crippen molar-refractivity contribution < 1.29 is 0 Å². The molecule has 0 aliphatic heterocycles. The van der Waals surface area contributed by atoms with Gasteiger partial charge in [0.15, 0.2) is 5.13 Å². The summed E-state index contributed by atoms with van der Waals surface area (Å²) >= 11 is 3.19. The highest BCUT2D eigenvalue weighted by Gasteiger charge is 2.05. The van der Waals surface area contributed by atoms with E-state index in [1.165, 1.54) is 21.0 Å². The third kappa shape index (κ3) is 1.25. The second kappa shape index (κ2) is 2.91. The maximum absolute atomic E-state index is 5.55. The highest BCUT2D eigenvalue weighted by Crippen LogP contribution is 2.34. The summed E-state index contributed by atoms with van der Waals surface area (Å²) in [6, 6.07) is 2.09. The van der Waals surface area contributed by atoms with Crippen LogP contribution in [0, 0.1) is 0 Å². The molecule has 2 aromatic heterocycles. The van der Waals surface area contributed by atoms with Crippen LogP contribution in [0.4, 0.5) is 10.1 Å². The lowest BCUT2D eigenvalue weighted by Crippen LogP contribution is -1.92. The van der Waals surface area contributed by atoms with Crippen molar-refractivity contribution in [3.8, 4) is 0 Å². The zero-order valence-corrected chi connectivity index (χ0v) is 8.26. The maximum atomic E-state index is 5.55. The summed E-state index contributed by atoms with van der Waals surface area (Å²) in [5.74, 6) is 0. The number of anilines is 2. The van der Waals surface area contributed by atoms with Crippen LogP contribution in [-0.4, -0.2) is 11.5 Å². The van der Waals surface area contributed by atoms with Crippen LogP contribution in [-0.2, 0) is 0 Å². The Hall–Kier alpha value is -0.810. The molecule has 64 valence electrons. The summed E-state index contributed by atoms with van der Waals surface area (Å²) in [7, 11) is 0. The van der Waals surface area contributed by atoms with Crippen LogP contribution >= 0.6 is 22.7 Å². The van der Waals surface area contributed by atoms with Gasteiger partial charge in [-0.05, 0) is 13.0 Å². The molecule has 0 spiro atoms. The van der Waals surface area contributed by atoms with Gasteiger partial charge in [0.05, 0.1) is 9.70 Å². The highest BCUT2D eigenvalue weighted by atomic mass is 32.1. The number of nitrogens with two attached hydrogens (primary N) is 1. The zero-order chi connectivity index (χ0) is 8.55. The van der Waals surface area contributed by atoms with Crippen molar-refractivity contribution in [2.24, 2.45) is 0 Å². The molecule has 0 radical (unpaired) electrons. The third-order valence-corrected chi connectivity index (χ3v) is 3.40. The molecule has 0 aromatic carbocycles. The van der Waals surface area contributed by atoms with E-state index in [4.69, 9.17) is 5.73 Å². The topological polar surface area (TPSA) is 50.9 Å². The van der Waals surface area contributed by atoms with Gasteiger partial charge in [0.25, 0.3) is 0 Å². The standard InChI is InChI=1S/C7H9N3S2/c1-2-9-5-3-4-6(12-5)10-7(8)11-4/h3,9H,2H2,1H3,(H2,8,10). The molecule has 0 saturated carbocycles. The molecule has 5 heteroatoms. The first-order valence-corrected chi connectivity index (χ1v) is 5.32. The van der Waals surface area contributed by atoms with E-state index in [1.54, 1.807) is 11.3 Å². The molecular formula is C7H9N3S2. The minimum atomic E-state index is 0.652. The number of rotatable bonds is 2. The number of nitrogens with zero attached hydrogens (tertiary/aromatic N) is 1. The molecule has 0 saturated heterocycles. The Morgan fingerprint density at radius 1 is 1.58 bits per heavy atom. The summed E-state index contributed by atoms with van der Waals surface area (Å²) in [5.41, 5.74) is 5.55. The third-order valence-electron chi connectivity index (χ3n) is 1.46. The quantitative estimate of drug-likeness (QED) is 0.780. The fraction of sp³-hybridized carbons (Fsp3) is 0.286. The predicted molar refractivity (Wildman–Crippen MR) is 56.1 cm³/mol. The summed E-state index contributed by atoms with van der Waals surface area (Å²) in [6.45, 7) is 3.03. The Labute approximate surface area is 78.2 Å². The van der Waals surface area contributed by atoms with E-state index in [1.807, 2.05) is 0 Å². The normalized spacial score (nSPS) is 10.8. The van der Waals surface area contributed by atoms with Crippen molar-refractivity contribution in [3.63, 3.8) is 0 Å². The van der Waals surface area contributed by atoms with Crippen molar-refractivity contribution in [3.05, 3.63) is 6.07 Å². The Balaban J connectivity index is 2.43. The highest BCUT2D eigenvalue weighted by molar-refractivity contribution is 7.30. The SMILES string of the molecule is CCNc1cc2sc(N)nc2s1. The number of thiazole rings is 1. The van der Waals surface area contributed by atoms with Gasteiger partial charge in [0, 0.05) is 6.54 Å². The van der Waals surface area contributed by atoms with Gasteiger partial charge < -0.3 is 11.1 Å². The molecule has 0 bridgehead atoms. The van der Waals surface area contributed by atoms with Crippen molar-refractivity contribution in [1.29, 1.82) is 0 Å². The number of thiophene rings is 1. The number of hydrogen-bond donors (Lipinski definition) is 2. The van der Waals surface area contributed by atoms with Gasteiger partial charge in [-0.3, -0.25) is 0 Å². The number of hydrogen-bond acceptors (Lipinski definition) is 5. The molecule has 0 atom stereocenters. The molecule has 0 fully saturated rings. The molecule has 2 aromatic rings. The Morgan fingerprint density at radius 2 is 2.42 bits per heavy atom. The fourth-order valence-electron chi connectivity index (χ4n) is 1.01. The first kappa shape index (κ1) is 7.82. The van der Waals surface area contributed by atoms with E-state index in [0.29, 0.717) is 5.13 Å². The van der Waals surface area contributed by atoms with Crippen LogP contribution in [0.1, 0.15) is 6.92 Å². The molecular weight excluding hydrogens is 190 g/mol. The van der Waals surface area contributed by atoms with Gasteiger partial charge in [-0.25, -0.2) is 4.98 Å². The minimum absolute atomic E-state index is 0.652. The predicted octanol–water partition coefficient (Wildman–Crippen LogP) is 2.37. The van der Waals surface area contributed by atoms with Crippen LogP contribution in [0.3, 0.4) is 0 Å². The molecule has 2 rings (SSSR count). The second-order valence-electron chi connectivity index (χ2n) is 2.36. The van der Waals surface area contributed by atoms with E-state index in [-0.39, 0.29) is 0 Å². The van der Waals surface area contributed by atoms with E-state index in [2.05, 4.69) is 23.3 Å². The lowest BCUT2D eigenvalue weighted by molar-refractivity contribution is 1.23. The van der Waals surface area contributed by atoms with Gasteiger partial charge in [0.1, 0.15) is 4.83 Å². The molecule has 12 heavy (non-hydrogen) atoms. The average molecular weight is 199 g/mol. The summed E-state index contributed by atoms with van der Waals surface area (Å²) < 4.78 is 1.17. The minimum Gasteiger partial charge on any atom is -0.377 e. The van der Waals surface area contributed by atoms with E-state index < -0.39 is 0 Å². The summed E-state index contributed by atoms with van der Waals surface area (Å²) in [4.78, 5) is 5.23. The first-order chi connectivity index (χ1) is 5.79. The van der Waals surface area contributed by atoms with Gasteiger partial charge in [-0.15, -0.1) is 0 Å². The lowest BCUT2D eigenvalue weighted by Gasteiger charge is -1.93. The smallest absolute Gasteiger partial charge is 0.181 e. The molecule has 3 nitrogen and oxygen atoms in total. The lowest BCUT2D eigenvalue weighted by atomic mass is 10.6. The Bertz CT molecular complexity index is 359. The Morgan fingerprint density at radius 3 is 3.08 bits per heavy atom. The summed E-state index contributed by atoms with van der Waals surface area (Å²) in [6.07, 6.45) is 0. The van der Waals surface area contributed by atoms with E-state index in [0.717, 1.165) is 11.4 Å². The van der Waals surface area contributed by atoms with Gasteiger partial charge in [-0.2, -0.15) is 0 Å². The van der Waals surface area contributed by atoms with Crippen LogP contribution in [0.2, 0.25) is 0 Å². The zero-order valence-electron chi connectivity index (χ0n) is 6.63. The molecule has 2 heterocycles. The molecule has 3 N–H and O–H groups in total. The van der Waals surface area contributed by atoms with Crippen LogP contribution < -0.4 is 11.1 Å². The van der Waals surface area contributed by atoms with E-state index in [9.17, 15) is 0 Å². The van der Waals surface area contributed by atoms with Crippen LogP contribution in [0.25, 0.3) is 9.53 Å². The van der Waals surface area contributed by atoms with Crippen LogP contribution in [0.15, 0.2) is 6.07 Å². The average Bonchev–Trinajstić information content (AvgIpc) is 2.44. The van der Waals surface area contributed by atoms with Crippen molar-refractivity contribution >= 4 is 42.3 Å². The molecule has 0 unspecified atom stereocenters. The monoisotopic (exact) mass is 199 g/mol. The van der Waals surface area contributed by atoms with Crippen molar-refractivity contribution in [2.75, 3.05) is 17.6 Å². The maximum Gasteiger partial charge on any atom is 0.181 e. The van der Waals surface area contributed by atoms with E-state index >= 15 is 0 Å². The van der Waals surface area contributed by atoms with Crippen molar-refractivity contribution in [1.82, 2.24) is 4.98 Å². The number of nitrogen functional groups attached to an aromatic ring is 1. The largest absolute Gasteiger partial charge is 0.377 e. The molecule has 0 amide bonds. The van der Waals surface area contributed by atoms with Crippen LogP contribution in [0.5, 0.6) is 0 Å². The number of aromatic nitrogens is 1. The van der Waals surface area contributed by atoms with Gasteiger partial charge in [0.2, 0.25) is 0 Å². The molecule has 0 aliphatic carbocycles. The Kier molecular flexibility index (Phi) is 1.90. The first-order valence-electron chi connectivity index (χ1n) is 3.69. The fourth-order valence-corrected chi connectivity index (χ4v) is 2.97. The number of nitrogens with one attached hydrogen (secondary N) is 1. The van der Waals surface area contributed by atoms with Crippen molar-refractivity contribution in [2.45, 2.75) is 6.92 Å². The molecule has 0 aliphatic rings. The second-order valence-corrected chi connectivity index (χ2v) is 4.46. The van der Waals surface area contributed by atoms with Gasteiger partial charge >= 0.3 is 0 Å². The van der Waals surface area contributed by atoms with Gasteiger partial charge in [-0.1, -0.05) is 22.7 Å².